The summed E-state index contributed by atoms with van der Waals surface area (Å²) in [4.78, 5) is 16.2. The fourth-order valence-electron chi connectivity index (χ4n) is 1.79. The molecule has 2 aromatic rings. The number of hydrogen-bond donors (Lipinski definition) is 0. The van der Waals surface area contributed by atoms with Gasteiger partial charge in [0.15, 0.2) is 11.7 Å². The second-order valence-electron chi connectivity index (χ2n) is 4.25. The van der Waals surface area contributed by atoms with Crippen molar-refractivity contribution < 1.29 is 22.7 Å². The zero-order chi connectivity index (χ0) is 16.2. The van der Waals surface area contributed by atoms with Gasteiger partial charge in [0.1, 0.15) is 5.75 Å². The molecular formula is C15H9F3N2O2. The Morgan fingerprint density at radius 3 is 2.36 bits per heavy atom. The molecule has 1 heterocycles. The van der Waals surface area contributed by atoms with Crippen LogP contribution in [0.2, 0.25) is 0 Å². The molecule has 0 saturated heterocycles. The maximum atomic E-state index is 12.2. The van der Waals surface area contributed by atoms with Crippen molar-refractivity contribution in [1.29, 1.82) is 5.26 Å². The molecule has 0 saturated carbocycles. The second-order valence-corrected chi connectivity index (χ2v) is 4.25. The Morgan fingerprint density at radius 2 is 1.86 bits per heavy atom. The summed E-state index contributed by atoms with van der Waals surface area (Å²) in [5.41, 5.74) is 0.386. The average molecular weight is 306 g/mol. The molecule has 112 valence electrons. The van der Waals surface area contributed by atoms with Gasteiger partial charge >= 0.3 is 6.36 Å². The van der Waals surface area contributed by atoms with Gasteiger partial charge in [-0.1, -0.05) is 6.07 Å². The molecule has 0 radical (unpaired) electrons. The number of hydrogen-bond acceptors (Lipinski definition) is 4. The van der Waals surface area contributed by atoms with Crippen LogP contribution in [0.3, 0.4) is 0 Å². The molecule has 0 fully saturated rings. The number of nitriles is 1. The number of pyridine rings is 1. The number of aromatic nitrogens is 1. The number of halogens is 3. The van der Waals surface area contributed by atoms with Crippen LogP contribution in [0.1, 0.15) is 22.0 Å². The smallest absolute Gasteiger partial charge is 0.406 e. The minimum Gasteiger partial charge on any atom is -0.406 e. The Kier molecular flexibility index (Phi) is 4.41. The molecule has 7 heteroatoms. The summed E-state index contributed by atoms with van der Waals surface area (Å²) < 4.78 is 39.9. The third kappa shape index (κ3) is 3.82. The van der Waals surface area contributed by atoms with E-state index >= 15 is 0 Å². The van der Waals surface area contributed by atoms with E-state index in [0.717, 1.165) is 12.1 Å². The molecule has 22 heavy (non-hydrogen) atoms. The number of rotatable bonds is 4. The van der Waals surface area contributed by atoms with E-state index in [2.05, 4.69) is 9.72 Å². The summed E-state index contributed by atoms with van der Waals surface area (Å²) in [5, 5.41) is 9.13. The lowest BCUT2D eigenvalue weighted by atomic mass is 9.95. The van der Waals surface area contributed by atoms with Crippen LogP contribution < -0.4 is 4.74 Å². The van der Waals surface area contributed by atoms with E-state index in [1.54, 1.807) is 12.1 Å². The average Bonchev–Trinajstić information content (AvgIpc) is 2.48. The monoisotopic (exact) mass is 306 g/mol. The summed E-state index contributed by atoms with van der Waals surface area (Å²) in [5.74, 6) is -2.09. The van der Waals surface area contributed by atoms with E-state index < -0.39 is 23.8 Å². The van der Waals surface area contributed by atoms with Crippen molar-refractivity contribution >= 4 is 5.78 Å². The predicted octanol–water partition coefficient (Wildman–Crippen LogP) is 3.47. The van der Waals surface area contributed by atoms with Gasteiger partial charge in [0.05, 0.1) is 11.8 Å². The summed E-state index contributed by atoms with van der Waals surface area (Å²) in [6.07, 6.45) is -3.35. The molecule has 1 aromatic carbocycles. The van der Waals surface area contributed by atoms with Crippen molar-refractivity contribution in [2.24, 2.45) is 0 Å². The minimum atomic E-state index is -4.80. The van der Waals surface area contributed by atoms with Crippen LogP contribution in [0.4, 0.5) is 13.2 Å². The number of carbonyl (C=O) groups excluding carboxylic acids is 1. The number of carbonyl (C=O) groups is 1. The largest absolute Gasteiger partial charge is 0.573 e. The van der Waals surface area contributed by atoms with Crippen molar-refractivity contribution in [3.05, 3.63) is 59.9 Å². The van der Waals surface area contributed by atoms with Crippen LogP contribution >= 0.6 is 0 Å². The lowest BCUT2D eigenvalue weighted by molar-refractivity contribution is -0.274. The molecule has 0 aliphatic carbocycles. The Hall–Kier alpha value is -2.88. The van der Waals surface area contributed by atoms with E-state index in [1.165, 1.54) is 24.4 Å². The first-order chi connectivity index (χ1) is 10.4. The van der Waals surface area contributed by atoms with Gasteiger partial charge in [-0.05, 0) is 36.4 Å². The van der Waals surface area contributed by atoms with Crippen molar-refractivity contribution in [3.63, 3.8) is 0 Å². The molecule has 0 aliphatic heterocycles. The van der Waals surface area contributed by atoms with Gasteiger partial charge in [0, 0.05) is 11.8 Å². The van der Waals surface area contributed by atoms with Crippen molar-refractivity contribution in [1.82, 2.24) is 4.98 Å². The summed E-state index contributed by atoms with van der Waals surface area (Å²) >= 11 is 0. The third-order valence-electron chi connectivity index (χ3n) is 2.75. The maximum Gasteiger partial charge on any atom is 0.573 e. The van der Waals surface area contributed by atoms with Crippen LogP contribution in [0, 0.1) is 11.3 Å². The highest BCUT2D eigenvalue weighted by Gasteiger charge is 2.31. The zero-order valence-electron chi connectivity index (χ0n) is 11.0. The molecule has 0 amide bonds. The number of alkyl halides is 3. The Bertz CT molecular complexity index is 691. The number of Topliss-reactive ketones (excluding diaryl/α,β-unsaturated/α-hetero) is 1. The summed E-state index contributed by atoms with van der Waals surface area (Å²) in [6.45, 7) is 0. The maximum absolute atomic E-state index is 12.2. The molecule has 0 bridgehead atoms. The number of ether oxygens (including phenoxy) is 1. The molecule has 0 spiro atoms. The first-order valence-corrected chi connectivity index (χ1v) is 6.11. The molecule has 1 atom stereocenters. The van der Waals surface area contributed by atoms with Crippen LogP contribution in [0.15, 0.2) is 48.7 Å². The standard InChI is InChI=1S/C15H9F3N2O2/c16-15(17,18)22-11-6-4-10(5-7-11)14(21)12(9-19)13-3-1-2-8-20-13/h1-8,12H. The Morgan fingerprint density at radius 1 is 1.18 bits per heavy atom. The van der Waals surface area contributed by atoms with Crippen molar-refractivity contribution in [2.75, 3.05) is 0 Å². The van der Waals surface area contributed by atoms with E-state index in [-0.39, 0.29) is 11.3 Å². The molecular weight excluding hydrogens is 297 g/mol. The quantitative estimate of drug-likeness (QED) is 0.811. The minimum absolute atomic E-state index is 0.103. The van der Waals surface area contributed by atoms with Crippen LogP contribution in [0.5, 0.6) is 5.75 Å². The molecule has 4 nitrogen and oxygen atoms in total. The highest BCUT2D eigenvalue weighted by atomic mass is 19.4. The van der Waals surface area contributed by atoms with E-state index in [9.17, 15) is 18.0 Å². The lowest BCUT2D eigenvalue weighted by Gasteiger charge is -2.10. The summed E-state index contributed by atoms with van der Waals surface area (Å²) in [7, 11) is 0. The van der Waals surface area contributed by atoms with Crippen molar-refractivity contribution in [2.45, 2.75) is 12.3 Å². The molecule has 1 unspecified atom stereocenters. The van der Waals surface area contributed by atoms with Crippen LogP contribution in [-0.4, -0.2) is 17.1 Å². The van der Waals surface area contributed by atoms with Gasteiger partial charge in [0.2, 0.25) is 0 Å². The summed E-state index contributed by atoms with van der Waals surface area (Å²) in [6, 6.07) is 11.1. The first-order valence-electron chi connectivity index (χ1n) is 6.11. The molecule has 0 N–H and O–H groups in total. The predicted molar refractivity (Wildman–Crippen MR) is 70.0 cm³/mol. The number of benzene rings is 1. The van der Waals surface area contributed by atoms with E-state index in [1.807, 2.05) is 6.07 Å². The van der Waals surface area contributed by atoms with Crippen LogP contribution in [-0.2, 0) is 0 Å². The zero-order valence-corrected chi connectivity index (χ0v) is 11.0. The Labute approximate surface area is 123 Å². The fraction of sp³-hybridized carbons (Fsp3) is 0.133. The lowest BCUT2D eigenvalue weighted by Crippen LogP contribution is -2.17. The van der Waals surface area contributed by atoms with Gasteiger partial charge in [-0.2, -0.15) is 5.26 Å². The Balaban J connectivity index is 2.21. The van der Waals surface area contributed by atoms with Gasteiger partial charge in [-0.3, -0.25) is 9.78 Å². The molecule has 1 aromatic heterocycles. The van der Waals surface area contributed by atoms with Gasteiger partial charge < -0.3 is 4.74 Å². The number of ketones is 1. The van der Waals surface area contributed by atoms with Gasteiger partial charge in [-0.15, -0.1) is 13.2 Å². The van der Waals surface area contributed by atoms with Crippen LogP contribution in [0.25, 0.3) is 0 Å². The van der Waals surface area contributed by atoms with E-state index in [4.69, 9.17) is 5.26 Å². The second kappa shape index (κ2) is 6.26. The van der Waals surface area contributed by atoms with Gasteiger partial charge in [-0.25, -0.2) is 0 Å². The fourth-order valence-corrected chi connectivity index (χ4v) is 1.79. The van der Waals surface area contributed by atoms with E-state index in [0.29, 0.717) is 0 Å². The van der Waals surface area contributed by atoms with Crippen molar-refractivity contribution in [3.8, 4) is 11.8 Å². The highest BCUT2D eigenvalue weighted by Crippen LogP contribution is 2.24. The first kappa shape index (κ1) is 15.5. The molecule has 2 rings (SSSR count). The molecule has 0 aliphatic rings. The third-order valence-corrected chi connectivity index (χ3v) is 2.75. The highest BCUT2D eigenvalue weighted by molar-refractivity contribution is 6.02. The normalized spacial score (nSPS) is 12.3. The SMILES string of the molecule is N#CC(C(=O)c1ccc(OC(F)(F)F)cc1)c1ccccn1. The number of nitrogens with zero attached hydrogens (tertiary/aromatic N) is 2. The van der Waals surface area contributed by atoms with Gasteiger partial charge in [0.25, 0.3) is 0 Å². The topological polar surface area (TPSA) is 63.0 Å².